The summed E-state index contributed by atoms with van der Waals surface area (Å²) in [6.45, 7) is 4.28. The van der Waals surface area contributed by atoms with E-state index in [9.17, 15) is 0 Å². The van der Waals surface area contributed by atoms with Crippen LogP contribution in [0.2, 0.25) is 0 Å². The summed E-state index contributed by atoms with van der Waals surface area (Å²) < 4.78 is 4.07. The number of pyridine rings is 1. The van der Waals surface area contributed by atoms with E-state index >= 15 is 0 Å². The molecule has 1 N–H and O–H groups in total. The Balaban J connectivity index is 1.64. The normalized spacial score (nSPS) is 22.4. The second kappa shape index (κ2) is 7.26. The smallest absolute Gasteiger partial charge is 0.170 e. The Morgan fingerprint density at radius 3 is 2.55 bits per heavy atom. The summed E-state index contributed by atoms with van der Waals surface area (Å²) in [6, 6.07) is 8.97. The van der Waals surface area contributed by atoms with Crippen LogP contribution in [-0.2, 0) is 0 Å². The Morgan fingerprint density at radius 1 is 1.10 bits per heavy atom. The van der Waals surface area contributed by atoms with Crippen LogP contribution in [0.4, 0.5) is 0 Å². The lowest BCUT2D eigenvalue weighted by molar-refractivity contribution is 0.244. The van der Waals surface area contributed by atoms with Crippen molar-refractivity contribution in [2.45, 2.75) is 57.7 Å². The number of aryl methyl sites for hydroxylation is 1. The third-order valence-corrected chi connectivity index (χ3v) is 6.57. The van der Waals surface area contributed by atoms with Crippen LogP contribution < -0.4 is 5.32 Å². The number of hydrogen-bond donors (Lipinski definition) is 1. The van der Waals surface area contributed by atoms with Crippen LogP contribution in [0.1, 0.15) is 60.4 Å². The van der Waals surface area contributed by atoms with E-state index in [1.54, 1.807) is 12.7 Å². The second-order valence-corrected chi connectivity index (χ2v) is 8.34. The standard InChI is InChI=1S/C21H25N7S/c1-14-11-17(15(2)28(14)26-12-23-24-13-26)20-19(18-9-5-6-10-22-18)25-21(29)27(20)16-7-3-4-8-16/h5-6,9-13,16,19-20H,3-4,7-8H2,1-2H3,(H,25,29)/t19-,20+/m1/s1. The molecule has 29 heavy (non-hydrogen) atoms. The Kier molecular flexibility index (Phi) is 4.58. The molecule has 150 valence electrons. The molecule has 1 saturated heterocycles. The predicted molar refractivity (Wildman–Crippen MR) is 114 cm³/mol. The van der Waals surface area contributed by atoms with E-state index < -0.39 is 0 Å². The van der Waals surface area contributed by atoms with Gasteiger partial charge in [0.25, 0.3) is 0 Å². The summed E-state index contributed by atoms with van der Waals surface area (Å²) in [4.78, 5) is 7.10. The molecule has 7 nitrogen and oxygen atoms in total. The molecule has 4 heterocycles. The van der Waals surface area contributed by atoms with Gasteiger partial charge in [0.1, 0.15) is 12.7 Å². The van der Waals surface area contributed by atoms with Crippen molar-refractivity contribution in [2.75, 3.05) is 0 Å². The van der Waals surface area contributed by atoms with Crippen molar-refractivity contribution in [2.24, 2.45) is 0 Å². The monoisotopic (exact) mass is 407 g/mol. The minimum Gasteiger partial charge on any atom is -0.352 e. The molecule has 3 aromatic rings. The average Bonchev–Trinajstić information content (AvgIpc) is 3.50. The quantitative estimate of drug-likeness (QED) is 0.670. The molecule has 8 heteroatoms. The van der Waals surface area contributed by atoms with Crippen molar-refractivity contribution >= 4 is 17.3 Å². The number of nitrogens with zero attached hydrogens (tertiary/aromatic N) is 6. The van der Waals surface area contributed by atoms with Crippen LogP contribution in [-0.4, -0.2) is 40.6 Å². The number of nitrogens with one attached hydrogen (secondary N) is 1. The first-order valence-corrected chi connectivity index (χ1v) is 10.6. The third kappa shape index (κ3) is 3.02. The molecule has 0 aromatic carbocycles. The maximum Gasteiger partial charge on any atom is 0.170 e. The fraction of sp³-hybridized carbons (Fsp3) is 0.429. The molecule has 1 aliphatic heterocycles. The highest BCUT2D eigenvalue weighted by Crippen LogP contribution is 2.44. The van der Waals surface area contributed by atoms with E-state index in [0.717, 1.165) is 16.5 Å². The van der Waals surface area contributed by atoms with Gasteiger partial charge >= 0.3 is 0 Å². The summed E-state index contributed by atoms with van der Waals surface area (Å²) in [5.74, 6) is 0. The molecule has 2 fully saturated rings. The van der Waals surface area contributed by atoms with Gasteiger partial charge in [-0.1, -0.05) is 18.9 Å². The zero-order valence-electron chi connectivity index (χ0n) is 16.7. The molecule has 2 aliphatic rings. The van der Waals surface area contributed by atoms with Gasteiger partial charge in [-0.2, -0.15) is 0 Å². The Labute approximate surface area is 175 Å². The fourth-order valence-corrected chi connectivity index (χ4v) is 5.39. The summed E-state index contributed by atoms with van der Waals surface area (Å²) >= 11 is 5.85. The molecule has 0 spiro atoms. The maximum atomic E-state index is 5.85. The Bertz CT molecular complexity index is 1010. The molecular formula is C21H25N7S. The van der Waals surface area contributed by atoms with Crippen LogP contribution in [0.15, 0.2) is 43.1 Å². The second-order valence-electron chi connectivity index (χ2n) is 7.95. The van der Waals surface area contributed by atoms with Gasteiger partial charge in [-0.15, -0.1) is 10.2 Å². The summed E-state index contributed by atoms with van der Waals surface area (Å²) in [7, 11) is 0. The summed E-state index contributed by atoms with van der Waals surface area (Å²) in [6.07, 6.45) is 10.2. The van der Waals surface area contributed by atoms with Crippen molar-refractivity contribution in [3.8, 4) is 0 Å². The van der Waals surface area contributed by atoms with E-state index in [1.807, 2.05) is 23.0 Å². The van der Waals surface area contributed by atoms with E-state index in [-0.39, 0.29) is 12.1 Å². The molecule has 0 radical (unpaired) electrons. The third-order valence-electron chi connectivity index (χ3n) is 6.24. The molecule has 1 saturated carbocycles. The van der Waals surface area contributed by atoms with E-state index in [1.165, 1.54) is 36.9 Å². The first-order valence-electron chi connectivity index (χ1n) is 10.2. The van der Waals surface area contributed by atoms with Gasteiger partial charge in [0.05, 0.1) is 17.8 Å². The van der Waals surface area contributed by atoms with Gasteiger partial charge in [-0.3, -0.25) is 9.66 Å². The van der Waals surface area contributed by atoms with Crippen LogP contribution in [0, 0.1) is 13.8 Å². The molecule has 0 bridgehead atoms. The average molecular weight is 408 g/mol. The molecule has 0 unspecified atom stereocenters. The fourth-order valence-electron chi connectivity index (χ4n) is 5.00. The van der Waals surface area contributed by atoms with Gasteiger partial charge in [0.2, 0.25) is 0 Å². The predicted octanol–water partition coefficient (Wildman–Crippen LogP) is 3.32. The molecule has 1 aliphatic carbocycles. The molecule has 2 atom stereocenters. The van der Waals surface area contributed by atoms with Crippen LogP contribution >= 0.6 is 12.2 Å². The molecule has 5 rings (SSSR count). The minimum atomic E-state index is 0.0270. The van der Waals surface area contributed by atoms with Crippen LogP contribution in [0.5, 0.6) is 0 Å². The highest BCUT2D eigenvalue weighted by Gasteiger charge is 2.44. The lowest BCUT2D eigenvalue weighted by atomic mass is 9.95. The SMILES string of the molecule is Cc1cc([C@H]2[C@@H](c3ccccn3)NC(=S)N2C2CCCC2)c(C)n1-n1cnnc1. The first-order chi connectivity index (χ1) is 14.1. The van der Waals surface area contributed by atoms with Crippen molar-refractivity contribution in [3.63, 3.8) is 0 Å². The largest absolute Gasteiger partial charge is 0.352 e. The summed E-state index contributed by atoms with van der Waals surface area (Å²) in [5.41, 5.74) is 4.60. The first kappa shape index (κ1) is 18.3. The van der Waals surface area contributed by atoms with Crippen molar-refractivity contribution < 1.29 is 0 Å². The van der Waals surface area contributed by atoms with E-state index in [2.05, 4.69) is 56.1 Å². The highest BCUT2D eigenvalue weighted by molar-refractivity contribution is 7.80. The number of aromatic nitrogens is 5. The molecular weight excluding hydrogens is 382 g/mol. The van der Waals surface area contributed by atoms with Gasteiger partial charge in [0.15, 0.2) is 5.11 Å². The molecule has 3 aromatic heterocycles. The molecule has 0 amide bonds. The Hall–Kier alpha value is -2.74. The van der Waals surface area contributed by atoms with Gasteiger partial charge in [0, 0.05) is 29.2 Å². The number of hydrogen-bond acceptors (Lipinski definition) is 4. The van der Waals surface area contributed by atoms with Gasteiger partial charge in [-0.05, 0) is 57.1 Å². The van der Waals surface area contributed by atoms with Crippen molar-refractivity contribution in [1.29, 1.82) is 0 Å². The Morgan fingerprint density at radius 2 is 1.86 bits per heavy atom. The van der Waals surface area contributed by atoms with E-state index in [0.29, 0.717) is 6.04 Å². The van der Waals surface area contributed by atoms with Crippen molar-refractivity contribution in [1.82, 2.24) is 34.8 Å². The van der Waals surface area contributed by atoms with Crippen molar-refractivity contribution in [3.05, 3.63) is 65.8 Å². The summed E-state index contributed by atoms with van der Waals surface area (Å²) in [5, 5.41) is 12.4. The zero-order chi connectivity index (χ0) is 20.0. The topological polar surface area (TPSA) is 63.8 Å². The number of rotatable bonds is 4. The van der Waals surface area contributed by atoms with Crippen LogP contribution in [0.3, 0.4) is 0 Å². The van der Waals surface area contributed by atoms with Crippen LogP contribution in [0.25, 0.3) is 0 Å². The minimum absolute atomic E-state index is 0.0270. The lowest BCUT2D eigenvalue weighted by Gasteiger charge is -2.33. The number of thiocarbonyl (C=S) groups is 1. The highest BCUT2D eigenvalue weighted by atomic mass is 32.1. The lowest BCUT2D eigenvalue weighted by Crippen LogP contribution is -2.37. The maximum absolute atomic E-state index is 5.85. The van der Waals surface area contributed by atoms with Gasteiger partial charge in [-0.25, -0.2) is 4.68 Å². The van der Waals surface area contributed by atoms with E-state index in [4.69, 9.17) is 12.2 Å². The van der Waals surface area contributed by atoms with Gasteiger partial charge < -0.3 is 10.2 Å². The zero-order valence-corrected chi connectivity index (χ0v) is 17.5.